The van der Waals surface area contributed by atoms with Gasteiger partial charge in [-0.05, 0) is 31.2 Å². The molecule has 17 heavy (non-hydrogen) atoms. The number of rotatable bonds is 8. The van der Waals surface area contributed by atoms with Crippen LogP contribution in [0.5, 0.6) is 0 Å². The summed E-state index contributed by atoms with van der Waals surface area (Å²) in [6, 6.07) is 5.53. The first kappa shape index (κ1) is 14.6. The molecule has 0 spiro atoms. The predicted octanol–water partition coefficient (Wildman–Crippen LogP) is 3.03. The van der Waals surface area contributed by atoms with Crippen LogP contribution < -0.4 is 10.6 Å². The molecule has 2 N–H and O–H groups in total. The minimum Gasteiger partial charge on any atom is -0.385 e. The van der Waals surface area contributed by atoms with E-state index in [0.29, 0.717) is 10.0 Å². The Kier molecular flexibility index (Phi) is 7.37. The summed E-state index contributed by atoms with van der Waals surface area (Å²) in [5, 5.41) is 7.73. The Bertz CT molecular complexity index is 334. The van der Waals surface area contributed by atoms with Crippen LogP contribution in [0.15, 0.2) is 18.2 Å². The number of methoxy groups -OCH3 is 1. The monoisotopic (exact) mass is 276 g/mol. The first-order valence-corrected chi connectivity index (χ1v) is 6.38. The van der Waals surface area contributed by atoms with E-state index in [-0.39, 0.29) is 0 Å². The highest BCUT2D eigenvalue weighted by Gasteiger charge is 1.98. The van der Waals surface area contributed by atoms with Crippen molar-refractivity contribution in [3.63, 3.8) is 0 Å². The van der Waals surface area contributed by atoms with E-state index >= 15 is 0 Å². The molecule has 96 valence electrons. The lowest BCUT2D eigenvalue weighted by atomic mass is 10.3. The lowest BCUT2D eigenvalue weighted by Crippen LogP contribution is -2.23. The van der Waals surface area contributed by atoms with Gasteiger partial charge >= 0.3 is 0 Å². The second kappa shape index (κ2) is 8.59. The molecule has 0 saturated carbocycles. The van der Waals surface area contributed by atoms with Gasteiger partial charge in [0, 0.05) is 32.5 Å². The van der Waals surface area contributed by atoms with Crippen molar-refractivity contribution in [2.24, 2.45) is 0 Å². The van der Waals surface area contributed by atoms with E-state index in [1.165, 1.54) is 0 Å². The quantitative estimate of drug-likeness (QED) is 0.717. The molecule has 0 unspecified atom stereocenters. The zero-order valence-corrected chi connectivity index (χ0v) is 11.4. The minimum atomic E-state index is 0.574. The Labute approximate surface area is 112 Å². The number of hydrogen-bond donors (Lipinski definition) is 2. The van der Waals surface area contributed by atoms with Crippen LogP contribution in [0.25, 0.3) is 0 Å². The van der Waals surface area contributed by atoms with Gasteiger partial charge in [-0.2, -0.15) is 0 Å². The van der Waals surface area contributed by atoms with Gasteiger partial charge in [0.1, 0.15) is 0 Å². The lowest BCUT2D eigenvalue weighted by Gasteiger charge is -2.08. The van der Waals surface area contributed by atoms with E-state index in [0.717, 1.165) is 38.3 Å². The van der Waals surface area contributed by atoms with Crippen molar-refractivity contribution >= 4 is 28.9 Å². The molecule has 0 amide bonds. The van der Waals surface area contributed by atoms with E-state index < -0.39 is 0 Å². The Morgan fingerprint density at radius 2 is 1.94 bits per heavy atom. The normalized spacial score (nSPS) is 10.5. The zero-order chi connectivity index (χ0) is 12.5. The number of anilines is 1. The zero-order valence-electron chi connectivity index (χ0n) is 9.93. The summed E-state index contributed by atoms with van der Waals surface area (Å²) < 4.78 is 4.96. The van der Waals surface area contributed by atoms with Gasteiger partial charge in [-0.3, -0.25) is 0 Å². The maximum absolute atomic E-state index is 5.91. The molecule has 0 heterocycles. The largest absolute Gasteiger partial charge is 0.385 e. The van der Waals surface area contributed by atoms with Crippen LogP contribution in [-0.4, -0.2) is 33.4 Å². The van der Waals surface area contributed by atoms with Crippen molar-refractivity contribution in [1.29, 1.82) is 0 Å². The van der Waals surface area contributed by atoms with Gasteiger partial charge in [0.25, 0.3) is 0 Å². The second-order valence-electron chi connectivity index (χ2n) is 3.65. The number of nitrogens with one attached hydrogen (secondary N) is 2. The van der Waals surface area contributed by atoms with E-state index in [1.807, 2.05) is 12.1 Å². The maximum Gasteiger partial charge on any atom is 0.0612 e. The molecule has 1 rings (SSSR count). The number of benzene rings is 1. The van der Waals surface area contributed by atoms with Crippen molar-refractivity contribution in [2.75, 3.05) is 38.7 Å². The third kappa shape index (κ3) is 6.13. The van der Waals surface area contributed by atoms with Crippen molar-refractivity contribution < 1.29 is 4.74 Å². The second-order valence-corrected chi connectivity index (χ2v) is 4.47. The maximum atomic E-state index is 5.91. The summed E-state index contributed by atoms with van der Waals surface area (Å²) in [4.78, 5) is 0. The van der Waals surface area contributed by atoms with Crippen LogP contribution in [0.4, 0.5) is 5.69 Å². The minimum absolute atomic E-state index is 0.574. The van der Waals surface area contributed by atoms with Crippen molar-refractivity contribution in [1.82, 2.24) is 5.32 Å². The highest BCUT2D eigenvalue weighted by atomic mass is 35.5. The molecule has 0 aliphatic carbocycles. The van der Waals surface area contributed by atoms with Crippen molar-refractivity contribution in [3.05, 3.63) is 28.2 Å². The highest BCUT2D eigenvalue weighted by Crippen LogP contribution is 2.24. The van der Waals surface area contributed by atoms with Crippen LogP contribution >= 0.6 is 23.2 Å². The Balaban J connectivity index is 2.11. The van der Waals surface area contributed by atoms with E-state index in [1.54, 1.807) is 13.2 Å². The predicted molar refractivity (Wildman–Crippen MR) is 74.3 cm³/mol. The molecule has 0 fully saturated rings. The van der Waals surface area contributed by atoms with Gasteiger partial charge < -0.3 is 15.4 Å². The van der Waals surface area contributed by atoms with Crippen LogP contribution in [0.3, 0.4) is 0 Å². The van der Waals surface area contributed by atoms with Crippen LogP contribution in [0, 0.1) is 0 Å². The summed E-state index contributed by atoms with van der Waals surface area (Å²) >= 11 is 11.7. The van der Waals surface area contributed by atoms with E-state index in [4.69, 9.17) is 27.9 Å². The number of ether oxygens (including phenoxy) is 1. The number of halogens is 2. The average Bonchev–Trinajstić information content (AvgIpc) is 2.32. The van der Waals surface area contributed by atoms with Gasteiger partial charge in [0.2, 0.25) is 0 Å². The summed E-state index contributed by atoms with van der Waals surface area (Å²) in [5.74, 6) is 0. The molecular weight excluding hydrogens is 259 g/mol. The fourth-order valence-electron chi connectivity index (χ4n) is 1.37. The third-order valence-corrected chi connectivity index (χ3v) is 2.99. The van der Waals surface area contributed by atoms with Gasteiger partial charge in [-0.15, -0.1) is 0 Å². The van der Waals surface area contributed by atoms with Gasteiger partial charge in [-0.25, -0.2) is 0 Å². The molecule has 0 aliphatic rings. The summed E-state index contributed by atoms with van der Waals surface area (Å²) in [6.45, 7) is 3.53. The Hall–Kier alpha value is -0.480. The molecule has 5 heteroatoms. The van der Waals surface area contributed by atoms with Crippen molar-refractivity contribution in [3.8, 4) is 0 Å². The third-order valence-electron chi connectivity index (χ3n) is 2.25. The van der Waals surface area contributed by atoms with Gasteiger partial charge in [0.05, 0.1) is 10.0 Å². The SMILES string of the molecule is COCCCNCCNc1ccc(Cl)c(Cl)c1. The van der Waals surface area contributed by atoms with Crippen LogP contribution in [0.2, 0.25) is 10.0 Å². The fraction of sp³-hybridized carbons (Fsp3) is 0.500. The summed E-state index contributed by atoms with van der Waals surface area (Å²) in [7, 11) is 1.71. The Morgan fingerprint density at radius 3 is 2.65 bits per heavy atom. The lowest BCUT2D eigenvalue weighted by molar-refractivity contribution is 0.194. The molecule has 3 nitrogen and oxygen atoms in total. The van der Waals surface area contributed by atoms with Gasteiger partial charge in [-0.1, -0.05) is 23.2 Å². The molecule has 0 saturated heterocycles. The molecule has 1 aromatic rings. The standard InChI is InChI=1S/C12H18Cl2N2O/c1-17-8-2-5-15-6-7-16-10-3-4-11(13)12(14)9-10/h3-4,9,15-16H,2,5-8H2,1H3. The molecule has 0 aromatic heterocycles. The molecule has 0 aliphatic heterocycles. The Morgan fingerprint density at radius 1 is 1.12 bits per heavy atom. The fourth-order valence-corrected chi connectivity index (χ4v) is 1.67. The van der Waals surface area contributed by atoms with E-state index in [2.05, 4.69) is 10.6 Å². The molecule has 1 aromatic carbocycles. The first-order chi connectivity index (χ1) is 8.24. The topological polar surface area (TPSA) is 33.3 Å². The number of hydrogen-bond acceptors (Lipinski definition) is 3. The summed E-state index contributed by atoms with van der Waals surface area (Å²) in [5.41, 5.74) is 0.984. The molecule has 0 atom stereocenters. The highest BCUT2D eigenvalue weighted by molar-refractivity contribution is 6.42. The van der Waals surface area contributed by atoms with Gasteiger partial charge in [0.15, 0.2) is 0 Å². The van der Waals surface area contributed by atoms with E-state index in [9.17, 15) is 0 Å². The van der Waals surface area contributed by atoms with Crippen LogP contribution in [0.1, 0.15) is 6.42 Å². The first-order valence-electron chi connectivity index (χ1n) is 5.62. The smallest absolute Gasteiger partial charge is 0.0612 e. The molecule has 0 radical (unpaired) electrons. The summed E-state index contributed by atoms with van der Waals surface area (Å²) in [6.07, 6.45) is 1.03. The van der Waals surface area contributed by atoms with Crippen molar-refractivity contribution in [2.45, 2.75) is 6.42 Å². The average molecular weight is 277 g/mol. The van der Waals surface area contributed by atoms with Crippen LogP contribution in [-0.2, 0) is 4.74 Å². The molecule has 0 bridgehead atoms. The molecular formula is C12H18Cl2N2O.